The topological polar surface area (TPSA) is 94.4 Å². The Bertz CT molecular complexity index is 955. The van der Waals surface area contributed by atoms with Gasteiger partial charge in [-0.25, -0.2) is 4.98 Å². The van der Waals surface area contributed by atoms with E-state index in [0.29, 0.717) is 5.69 Å². The second-order valence-corrected chi connectivity index (χ2v) is 6.49. The van der Waals surface area contributed by atoms with Gasteiger partial charge in [0.05, 0.1) is 21.7 Å². The van der Waals surface area contributed by atoms with E-state index in [2.05, 4.69) is 10.3 Å². The SMILES string of the molecule is Cc1nc(-c2cccc(NC(=O)COc3cccc([N+](=O)[O-])c3)c2)cs1. The Morgan fingerprint density at radius 1 is 1.27 bits per heavy atom. The molecule has 0 aliphatic rings. The van der Waals surface area contributed by atoms with Crippen LogP contribution in [0.25, 0.3) is 11.3 Å². The number of aryl methyl sites for hydroxylation is 1. The van der Waals surface area contributed by atoms with E-state index in [0.717, 1.165) is 16.3 Å². The molecule has 0 aliphatic carbocycles. The second-order valence-electron chi connectivity index (χ2n) is 5.42. The number of carbonyl (C=O) groups excluding carboxylic acids is 1. The zero-order chi connectivity index (χ0) is 18.5. The number of amides is 1. The van der Waals surface area contributed by atoms with E-state index >= 15 is 0 Å². The van der Waals surface area contributed by atoms with Gasteiger partial charge < -0.3 is 10.1 Å². The van der Waals surface area contributed by atoms with E-state index < -0.39 is 4.92 Å². The van der Waals surface area contributed by atoms with Crippen LogP contribution < -0.4 is 10.1 Å². The van der Waals surface area contributed by atoms with Crippen molar-refractivity contribution in [1.82, 2.24) is 4.98 Å². The number of nitrogens with one attached hydrogen (secondary N) is 1. The van der Waals surface area contributed by atoms with Crippen LogP contribution in [0.5, 0.6) is 5.75 Å². The van der Waals surface area contributed by atoms with E-state index in [1.54, 1.807) is 23.5 Å². The summed E-state index contributed by atoms with van der Waals surface area (Å²) in [6.07, 6.45) is 0. The molecule has 0 saturated carbocycles. The van der Waals surface area contributed by atoms with Crippen LogP contribution in [-0.4, -0.2) is 22.4 Å². The highest BCUT2D eigenvalue weighted by molar-refractivity contribution is 7.09. The highest BCUT2D eigenvalue weighted by Gasteiger charge is 2.09. The quantitative estimate of drug-likeness (QED) is 0.523. The maximum Gasteiger partial charge on any atom is 0.273 e. The number of nitro groups is 1. The molecule has 0 aliphatic heterocycles. The van der Waals surface area contributed by atoms with Crippen molar-refractivity contribution in [2.45, 2.75) is 6.92 Å². The number of hydrogen-bond donors (Lipinski definition) is 1. The third-order valence-electron chi connectivity index (χ3n) is 3.46. The van der Waals surface area contributed by atoms with Gasteiger partial charge in [-0.1, -0.05) is 18.2 Å². The van der Waals surface area contributed by atoms with E-state index in [4.69, 9.17) is 4.74 Å². The number of nitrogens with zero attached hydrogens (tertiary/aromatic N) is 2. The Labute approximate surface area is 153 Å². The zero-order valence-corrected chi connectivity index (χ0v) is 14.7. The zero-order valence-electron chi connectivity index (χ0n) is 13.8. The molecular weight excluding hydrogens is 354 g/mol. The molecule has 3 aromatic rings. The highest BCUT2D eigenvalue weighted by Crippen LogP contribution is 2.24. The third kappa shape index (κ3) is 4.42. The van der Waals surface area contributed by atoms with Crippen molar-refractivity contribution >= 4 is 28.6 Å². The number of aromatic nitrogens is 1. The number of carbonyl (C=O) groups is 1. The van der Waals surface area contributed by atoms with Crippen LogP contribution in [0, 0.1) is 17.0 Å². The molecule has 0 bridgehead atoms. The van der Waals surface area contributed by atoms with Gasteiger partial charge in [0.15, 0.2) is 6.61 Å². The first-order valence-corrected chi connectivity index (χ1v) is 8.59. The van der Waals surface area contributed by atoms with Gasteiger partial charge >= 0.3 is 0 Å². The van der Waals surface area contributed by atoms with Crippen molar-refractivity contribution in [2.24, 2.45) is 0 Å². The lowest BCUT2D eigenvalue weighted by molar-refractivity contribution is -0.384. The Hall–Kier alpha value is -3.26. The Balaban J connectivity index is 1.62. The molecule has 2 aromatic carbocycles. The fraction of sp³-hybridized carbons (Fsp3) is 0.111. The van der Waals surface area contributed by atoms with Crippen molar-refractivity contribution in [3.05, 3.63) is 69.0 Å². The van der Waals surface area contributed by atoms with Gasteiger partial charge in [0.25, 0.3) is 11.6 Å². The summed E-state index contributed by atoms with van der Waals surface area (Å²) in [4.78, 5) is 26.7. The second kappa shape index (κ2) is 7.75. The van der Waals surface area contributed by atoms with Crippen molar-refractivity contribution in [3.63, 3.8) is 0 Å². The summed E-state index contributed by atoms with van der Waals surface area (Å²) >= 11 is 1.56. The van der Waals surface area contributed by atoms with Gasteiger partial charge in [0, 0.05) is 22.7 Å². The molecule has 0 radical (unpaired) electrons. The van der Waals surface area contributed by atoms with E-state index in [-0.39, 0.29) is 24.0 Å². The summed E-state index contributed by atoms with van der Waals surface area (Å²) in [6.45, 7) is 1.69. The maximum absolute atomic E-state index is 12.1. The molecule has 1 N–H and O–H groups in total. The summed E-state index contributed by atoms with van der Waals surface area (Å²) < 4.78 is 5.32. The monoisotopic (exact) mass is 369 g/mol. The molecule has 0 saturated heterocycles. The van der Waals surface area contributed by atoms with E-state index in [1.807, 2.05) is 30.5 Å². The van der Waals surface area contributed by atoms with E-state index in [9.17, 15) is 14.9 Å². The lowest BCUT2D eigenvalue weighted by atomic mass is 10.1. The number of ether oxygens (including phenoxy) is 1. The molecular formula is C18H15N3O4S. The molecule has 8 heteroatoms. The van der Waals surface area contributed by atoms with Gasteiger partial charge in [-0.3, -0.25) is 14.9 Å². The number of benzene rings is 2. The van der Waals surface area contributed by atoms with Gasteiger partial charge in [0.1, 0.15) is 5.75 Å². The fourth-order valence-electron chi connectivity index (χ4n) is 2.29. The lowest BCUT2D eigenvalue weighted by Crippen LogP contribution is -2.20. The minimum absolute atomic E-state index is 0.0887. The molecule has 1 aromatic heterocycles. The molecule has 0 unspecified atom stereocenters. The molecule has 1 heterocycles. The first-order chi connectivity index (χ1) is 12.5. The van der Waals surface area contributed by atoms with Crippen LogP contribution in [0.2, 0.25) is 0 Å². The summed E-state index contributed by atoms with van der Waals surface area (Å²) in [7, 11) is 0. The van der Waals surface area contributed by atoms with Crippen LogP contribution >= 0.6 is 11.3 Å². The number of thiazole rings is 1. The molecule has 1 amide bonds. The normalized spacial score (nSPS) is 10.3. The van der Waals surface area contributed by atoms with Gasteiger partial charge in [-0.05, 0) is 25.1 Å². The van der Waals surface area contributed by atoms with Crippen molar-refractivity contribution in [2.75, 3.05) is 11.9 Å². The van der Waals surface area contributed by atoms with Gasteiger partial charge in [0.2, 0.25) is 0 Å². The van der Waals surface area contributed by atoms with Crippen LogP contribution in [-0.2, 0) is 4.79 Å². The molecule has 26 heavy (non-hydrogen) atoms. The Morgan fingerprint density at radius 3 is 2.81 bits per heavy atom. The third-order valence-corrected chi connectivity index (χ3v) is 4.23. The number of nitro benzene ring substituents is 1. The van der Waals surface area contributed by atoms with Crippen molar-refractivity contribution in [1.29, 1.82) is 0 Å². The molecule has 0 fully saturated rings. The predicted octanol–water partition coefficient (Wildman–Crippen LogP) is 4.04. The molecule has 3 rings (SSSR count). The average Bonchev–Trinajstić information content (AvgIpc) is 3.07. The summed E-state index contributed by atoms with van der Waals surface area (Å²) in [6, 6.07) is 13.1. The minimum Gasteiger partial charge on any atom is -0.484 e. The van der Waals surface area contributed by atoms with Gasteiger partial charge in [-0.2, -0.15) is 0 Å². The molecule has 132 valence electrons. The lowest BCUT2D eigenvalue weighted by Gasteiger charge is -2.08. The largest absolute Gasteiger partial charge is 0.484 e. The first kappa shape index (κ1) is 17.6. The van der Waals surface area contributed by atoms with Crippen LogP contribution in [0.1, 0.15) is 5.01 Å². The summed E-state index contributed by atoms with van der Waals surface area (Å²) in [5.41, 5.74) is 2.30. The minimum atomic E-state index is -0.515. The summed E-state index contributed by atoms with van der Waals surface area (Å²) in [5.74, 6) is -0.0934. The number of rotatable bonds is 6. The number of hydrogen-bond acceptors (Lipinski definition) is 6. The van der Waals surface area contributed by atoms with Crippen LogP contribution in [0.4, 0.5) is 11.4 Å². The highest BCUT2D eigenvalue weighted by atomic mass is 32.1. The number of non-ortho nitro benzene ring substituents is 1. The Kier molecular flexibility index (Phi) is 5.23. The van der Waals surface area contributed by atoms with E-state index in [1.165, 1.54) is 18.2 Å². The maximum atomic E-state index is 12.1. The summed E-state index contributed by atoms with van der Waals surface area (Å²) in [5, 5.41) is 16.4. The van der Waals surface area contributed by atoms with Gasteiger partial charge in [-0.15, -0.1) is 11.3 Å². The van der Waals surface area contributed by atoms with Crippen LogP contribution in [0.15, 0.2) is 53.9 Å². The van der Waals surface area contributed by atoms with Crippen molar-refractivity contribution in [3.8, 4) is 17.0 Å². The molecule has 7 nitrogen and oxygen atoms in total. The smallest absolute Gasteiger partial charge is 0.273 e. The molecule has 0 spiro atoms. The standard InChI is InChI=1S/C18H15N3O4S/c1-12-19-17(11-26-12)13-4-2-5-14(8-13)20-18(22)10-25-16-7-3-6-15(9-16)21(23)24/h2-9,11H,10H2,1H3,(H,20,22). The average molecular weight is 369 g/mol. The van der Waals surface area contributed by atoms with Crippen molar-refractivity contribution < 1.29 is 14.5 Å². The molecule has 0 atom stereocenters. The number of anilines is 1. The fourth-order valence-corrected chi connectivity index (χ4v) is 2.91. The Morgan fingerprint density at radius 2 is 2.08 bits per heavy atom. The predicted molar refractivity (Wildman–Crippen MR) is 99.5 cm³/mol. The van der Waals surface area contributed by atoms with Crippen LogP contribution in [0.3, 0.4) is 0 Å². The first-order valence-electron chi connectivity index (χ1n) is 7.71.